The summed E-state index contributed by atoms with van der Waals surface area (Å²) in [6.45, 7) is 2.58. The summed E-state index contributed by atoms with van der Waals surface area (Å²) < 4.78 is 0. The van der Waals surface area contributed by atoms with Crippen molar-refractivity contribution in [2.24, 2.45) is 5.92 Å². The Bertz CT molecular complexity index is 173. The molecule has 2 nitrogen and oxygen atoms in total. The van der Waals surface area contributed by atoms with Gasteiger partial charge in [-0.2, -0.15) is 0 Å². The van der Waals surface area contributed by atoms with Gasteiger partial charge in [0.05, 0.1) is 6.61 Å². The first-order valence-corrected chi connectivity index (χ1v) is 5.68. The molecular weight excluding hydrogens is 162 g/mol. The molecule has 13 heavy (non-hydrogen) atoms. The zero-order valence-corrected chi connectivity index (χ0v) is 8.55. The van der Waals surface area contributed by atoms with Crippen LogP contribution < -0.4 is 5.32 Å². The van der Waals surface area contributed by atoms with Gasteiger partial charge in [-0.3, -0.25) is 0 Å². The molecule has 2 N–H and O–H groups in total. The highest BCUT2D eigenvalue weighted by Crippen LogP contribution is 2.40. The van der Waals surface area contributed by atoms with Crippen LogP contribution in [0.25, 0.3) is 0 Å². The van der Waals surface area contributed by atoms with Crippen molar-refractivity contribution < 1.29 is 5.11 Å². The first kappa shape index (κ1) is 9.47. The predicted molar refractivity (Wildman–Crippen MR) is 53.6 cm³/mol. The van der Waals surface area contributed by atoms with Gasteiger partial charge in [0.2, 0.25) is 0 Å². The lowest BCUT2D eigenvalue weighted by molar-refractivity contribution is 0.210. The van der Waals surface area contributed by atoms with Crippen molar-refractivity contribution in [1.82, 2.24) is 5.32 Å². The van der Waals surface area contributed by atoms with Crippen LogP contribution in [0.1, 0.15) is 45.4 Å². The van der Waals surface area contributed by atoms with E-state index in [1.165, 1.54) is 38.5 Å². The first-order valence-electron chi connectivity index (χ1n) is 5.68. The molecule has 76 valence electrons. The molecule has 0 aromatic carbocycles. The molecule has 0 aromatic rings. The van der Waals surface area contributed by atoms with Crippen molar-refractivity contribution in [1.29, 1.82) is 0 Å². The second-order valence-corrected chi connectivity index (χ2v) is 4.82. The van der Waals surface area contributed by atoms with Crippen molar-refractivity contribution in [3.63, 3.8) is 0 Å². The summed E-state index contributed by atoms with van der Waals surface area (Å²) in [5.74, 6) is 0.920. The highest BCUT2D eigenvalue weighted by molar-refractivity contribution is 5.05. The lowest BCUT2D eigenvalue weighted by Gasteiger charge is -2.23. The SMILES string of the molecule is CCCC(NC1(CO)CC1)C1CC1. The predicted octanol–water partition coefficient (Wildman–Crippen LogP) is 1.68. The Kier molecular flexibility index (Phi) is 2.61. The van der Waals surface area contributed by atoms with Crippen LogP contribution in [0.5, 0.6) is 0 Å². The molecular formula is C11H21NO. The van der Waals surface area contributed by atoms with E-state index >= 15 is 0 Å². The van der Waals surface area contributed by atoms with E-state index in [1.54, 1.807) is 0 Å². The third kappa shape index (κ3) is 2.23. The van der Waals surface area contributed by atoms with E-state index in [2.05, 4.69) is 12.2 Å². The highest BCUT2D eigenvalue weighted by Gasteiger charge is 2.45. The summed E-state index contributed by atoms with van der Waals surface area (Å²) in [5, 5.41) is 12.9. The Morgan fingerprint density at radius 3 is 2.54 bits per heavy atom. The zero-order chi connectivity index (χ0) is 9.31. The first-order chi connectivity index (χ1) is 6.29. The Morgan fingerprint density at radius 1 is 1.46 bits per heavy atom. The van der Waals surface area contributed by atoms with Crippen LogP contribution in [0, 0.1) is 5.92 Å². The van der Waals surface area contributed by atoms with Gasteiger partial charge in [-0.25, -0.2) is 0 Å². The van der Waals surface area contributed by atoms with Crippen LogP contribution in [0.15, 0.2) is 0 Å². The molecule has 2 fully saturated rings. The van der Waals surface area contributed by atoms with Crippen LogP contribution >= 0.6 is 0 Å². The minimum Gasteiger partial charge on any atom is -0.394 e. The van der Waals surface area contributed by atoms with Crippen molar-refractivity contribution >= 4 is 0 Å². The number of nitrogens with one attached hydrogen (secondary N) is 1. The molecule has 2 rings (SSSR count). The van der Waals surface area contributed by atoms with Gasteiger partial charge in [0.25, 0.3) is 0 Å². The highest BCUT2D eigenvalue weighted by atomic mass is 16.3. The van der Waals surface area contributed by atoms with E-state index in [0.29, 0.717) is 12.6 Å². The number of rotatable bonds is 6. The van der Waals surface area contributed by atoms with Gasteiger partial charge in [-0.05, 0) is 38.0 Å². The van der Waals surface area contributed by atoms with Gasteiger partial charge in [0, 0.05) is 11.6 Å². The standard InChI is InChI=1S/C11H21NO/c1-2-3-10(9-4-5-9)12-11(8-13)6-7-11/h9-10,12-13H,2-8H2,1H3. The van der Waals surface area contributed by atoms with Crippen LogP contribution in [0.4, 0.5) is 0 Å². The molecule has 2 saturated carbocycles. The third-order valence-electron chi connectivity index (χ3n) is 3.44. The molecule has 2 aliphatic carbocycles. The summed E-state index contributed by atoms with van der Waals surface area (Å²) in [5.41, 5.74) is 0.141. The summed E-state index contributed by atoms with van der Waals surface area (Å²) in [6.07, 6.45) is 7.70. The van der Waals surface area contributed by atoms with E-state index in [4.69, 9.17) is 0 Å². The second kappa shape index (κ2) is 3.58. The third-order valence-corrected chi connectivity index (χ3v) is 3.44. The lowest BCUT2D eigenvalue weighted by Crippen LogP contribution is -2.43. The maximum absolute atomic E-state index is 9.21. The monoisotopic (exact) mass is 183 g/mol. The van der Waals surface area contributed by atoms with Gasteiger partial charge in [-0.1, -0.05) is 13.3 Å². The molecule has 2 heteroatoms. The largest absolute Gasteiger partial charge is 0.394 e. The average molecular weight is 183 g/mol. The van der Waals surface area contributed by atoms with E-state index in [1.807, 2.05) is 0 Å². The molecule has 0 heterocycles. The summed E-state index contributed by atoms with van der Waals surface area (Å²) >= 11 is 0. The van der Waals surface area contributed by atoms with Crippen LogP contribution in [0.3, 0.4) is 0 Å². The minimum atomic E-state index is 0.141. The number of hydrogen-bond acceptors (Lipinski definition) is 2. The van der Waals surface area contributed by atoms with E-state index in [9.17, 15) is 5.11 Å². The molecule has 1 atom stereocenters. The molecule has 0 aliphatic heterocycles. The summed E-state index contributed by atoms with van der Waals surface area (Å²) in [6, 6.07) is 0.694. The average Bonchev–Trinajstić information content (AvgIpc) is 3.01. The fraction of sp³-hybridized carbons (Fsp3) is 1.00. The van der Waals surface area contributed by atoms with Crippen LogP contribution in [0.2, 0.25) is 0 Å². The molecule has 0 saturated heterocycles. The molecule has 0 bridgehead atoms. The smallest absolute Gasteiger partial charge is 0.0613 e. The van der Waals surface area contributed by atoms with Crippen LogP contribution in [-0.2, 0) is 0 Å². The number of aliphatic hydroxyl groups is 1. The fourth-order valence-electron chi connectivity index (χ4n) is 2.13. The Labute approximate surface area is 80.7 Å². The minimum absolute atomic E-state index is 0.141. The van der Waals surface area contributed by atoms with Gasteiger partial charge in [0.1, 0.15) is 0 Å². The Hall–Kier alpha value is -0.0800. The molecule has 2 aliphatic rings. The zero-order valence-electron chi connectivity index (χ0n) is 8.55. The van der Waals surface area contributed by atoms with Gasteiger partial charge in [-0.15, -0.1) is 0 Å². The van der Waals surface area contributed by atoms with Gasteiger partial charge >= 0.3 is 0 Å². The van der Waals surface area contributed by atoms with Crippen molar-refractivity contribution in [3.8, 4) is 0 Å². The van der Waals surface area contributed by atoms with Gasteiger partial charge < -0.3 is 10.4 Å². The normalized spacial score (nSPS) is 27.2. The second-order valence-electron chi connectivity index (χ2n) is 4.82. The molecule has 0 aromatic heterocycles. The van der Waals surface area contributed by atoms with Gasteiger partial charge in [0.15, 0.2) is 0 Å². The fourth-order valence-corrected chi connectivity index (χ4v) is 2.13. The summed E-state index contributed by atoms with van der Waals surface area (Å²) in [4.78, 5) is 0. The van der Waals surface area contributed by atoms with Crippen molar-refractivity contribution in [2.45, 2.75) is 57.0 Å². The number of aliphatic hydroxyl groups excluding tert-OH is 1. The maximum atomic E-state index is 9.21. The topological polar surface area (TPSA) is 32.3 Å². The van der Waals surface area contributed by atoms with Crippen molar-refractivity contribution in [3.05, 3.63) is 0 Å². The number of hydrogen-bond donors (Lipinski definition) is 2. The van der Waals surface area contributed by atoms with E-state index < -0.39 is 0 Å². The molecule has 1 unspecified atom stereocenters. The lowest BCUT2D eigenvalue weighted by atomic mass is 10.1. The Balaban J connectivity index is 1.81. The van der Waals surface area contributed by atoms with Crippen molar-refractivity contribution in [2.75, 3.05) is 6.61 Å². The summed E-state index contributed by atoms with van der Waals surface area (Å²) in [7, 11) is 0. The van der Waals surface area contributed by atoms with E-state index in [-0.39, 0.29) is 5.54 Å². The molecule has 0 spiro atoms. The van der Waals surface area contributed by atoms with Crippen LogP contribution in [-0.4, -0.2) is 23.3 Å². The maximum Gasteiger partial charge on any atom is 0.0613 e. The molecule has 0 amide bonds. The molecule has 0 radical (unpaired) electrons. The quantitative estimate of drug-likeness (QED) is 0.656. The van der Waals surface area contributed by atoms with E-state index in [0.717, 1.165) is 5.92 Å². The Morgan fingerprint density at radius 2 is 2.15 bits per heavy atom.